The minimum atomic E-state index is -4.34. The third kappa shape index (κ3) is 8.85. The summed E-state index contributed by atoms with van der Waals surface area (Å²) in [5, 5.41) is 6.64. The van der Waals surface area contributed by atoms with Crippen molar-refractivity contribution in [1.82, 2.24) is 15.5 Å². The van der Waals surface area contributed by atoms with Crippen LogP contribution in [-0.4, -0.2) is 55.9 Å². The number of rotatable bonds is 6. The third-order valence-electron chi connectivity index (χ3n) is 4.59. The fraction of sp³-hybridized carbons (Fsp3) is 0.632. The van der Waals surface area contributed by atoms with Crippen molar-refractivity contribution < 1.29 is 17.9 Å². The summed E-state index contributed by atoms with van der Waals surface area (Å²) in [6.45, 7) is 5.70. The zero-order chi connectivity index (χ0) is 19.9. The average Bonchev–Trinajstić information content (AvgIpc) is 2.63. The number of likely N-dealkylation sites (tertiary alicyclic amines) is 1. The van der Waals surface area contributed by atoms with E-state index in [2.05, 4.69) is 34.4 Å². The molecule has 0 spiro atoms. The van der Waals surface area contributed by atoms with E-state index in [1.54, 1.807) is 19.2 Å². The quantitative estimate of drug-likeness (QED) is 0.345. The van der Waals surface area contributed by atoms with E-state index in [0.29, 0.717) is 24.6 Å². The first-order valence-electron chi connectivity index (χ1n) is 9.26. The molecule has 5 nitrogen and oxygen atoms in total. The van der Waals surface area contributed by atoms with E-state index in [9.17, 15) is 13.2 Å². The van der Waals surface area contributed by atoms with Crippen molar-refractivity contribution in [3.8, 4) is 5.75 Å². The molecule has 1 saturated heterocycles. The molecule has 0 aliphatic carbocycles. The molecule has 0 bridgehead atoms. The van der Waals surface area contributed by atoms with Gasteiger partial charge in [0, 0.05) is 38.8 Å². The van der Waals surface area contributed by atoms with Gasteiger partial charge in [-0.2, -0.15) is 13.2 Å². The maximum absolute atomic E-state index is 12.3. The molecule has 1 fully saturated rings. The van der Waals surface area contributed by atoms with E-state index in [1.807, 2.05) is 6.07 Å². The fourth-order valence-electron chi connectivity index (χ4n) is 3.04. The van der Waals surface area contributed by atoms with Crippen molar-refractivity contribution in [1.29, 1.82) is 0 Å². The van der Waals surface area contributed by atoms with Crippen molar-refractivity contribution >= 4 is 29.9 Å². The normalized spacial score (nSPS) is 16.6. The van der Waals surface area contributed by atoms with Crippen LogP contribution in [0.4, 0.5) is 13.2 Å². The minimum absolute atomic E-state index is 0. The van der Waals surface area contributed by atoms with Gasteiger partial charge in [-0.3, -0.25) is 4.99 Å². The van der Waals surface area contributed by atoms with Crippen LogP contribution in [0.2, 0.25) is 0 Å². The van der Waals surface area contributed by atoms with Crippen LogP contribution in [0.3, 0.4) is 0 Å². The van der Waals surface area contributed by atoms with Gasteiger partial charge in [0.05, 0.1) is 0 Å². The summed E-state index contributed by atoms with van der Waals surface area (Å²) in [6, 6.07) is 7.57. The molecule has 0 atom stereocenters. The Morgan fingerprint density at radius 1 is 1.29 bits per heavy atom. The first-order chi connectivity index (χ1) is 12.8. The zero-order valence-electron chi connectivity index (χ0n) is 16.6. The second-order valence-electron chi connectivity index (χ2n) is 7.03. The molecule has 0 aromatic heterocycles. The van der Waals surface area contributed by atoms with Crippen LogP contribution in [-0.2, 0) is 6.54 Å². The average molecular weight is 514 g/mol. The van der Waals surface area contributed by atoms with Crippen LogP contribution in [0, 0.1) is 0 Å². The molecule has 2 N–H and O–H groups in total. The maximum Gasteiger partial charge on any atom is 0.422 e. The first kappa shape index (κ1) is 24.8. The van der Waals surface area contributed by atoms with Crippen molar-refractivity contribution in [3.05, 3.63) is 29.8 Å². The van der Waals surface area contributed by atoms with Gasteiger partial charge in [-0.05, 0) is 44.4 Å². The molecule has 1 aliphatic heterocycles. The number of nitrogens with zero attached hydrogens (tertiary/aromatic N) is 2. The molecule has 0 unspecified atom stereocenters. The summed E-state index contributed by atoms with van der Waals surface area (Å²) in [5.74, 6) is 0.898. The van der Waals surface area contributed by atoms with E-state index in [4.69, 9.17) is 4.74 Å². The smallest absolute Gasteiger partial charge is 0.422 e. The summed E-state index contributed by atoms with van der Waals surface area (Å²) in [7, 11) is 1.71. The standard InChI is InChI=1S/C19H29F3N4O.HI/c1-14(2)26-9-7-16(8-10-26)25-18(23-3)24-12-15-5-4-6-17(11-15)27-13-19(20,21)22;/h4-6,11,14,16H,7-10,12-13H2,1-3H3,(H2,23,24,25);1H. The van der Waals surface area contributed by atoms with Crippen molar-refractivity contribution in [3.63, 3.8) is 0 Å². The highest BCUT2D eigenvalue weighted by atomic mass is 127. The van der Waals surface area contributed by atoms with E-state index in [-0.39, 0.29) is 29.7 Å². The molecule has 1 heterocycles. The summed E-state index contributed by atoms with van der Waals surface area (Å²) in [5.41, 5.74) is 0.826. The van der Waals surface area contributed by atoms with Crippen molar-refractivity contribution in [2.24, 2.45) is 4.99 Å². The third-order valence-corrected chi connectivity index (χ3v) is 4.59. The summed E-state index contributed by atoms with van der Waals surface area (Å²) in [6.07, 6.45) is -2.23. The lowest BCUT2D eigenvalue weighted by Gasteiger charge is -2.35. The molecule has 1 aliphatic rings. The number of halogens is 4. The Morgan fingerprint density at radius 3 is 2.54 bits per heavy atom. The zero-order valence-corrected chi connectivity index (χ0v) is 18.9. The van der Waals surface area contributed by atoms with Gasteiger partial charge >= 0.3 is 6.18 Å². The molecule has 1 aromatic carbocycles. The summed E-state index contributed by atoms with van der Waals surface area (Å²) >= 11 is 0. The molecule has 1 aromatic rings. The molecule has 0 saturated carbocycles. The Hall–Kier alpha value is -1.23. The van der Waals surface area contributed by atoms with E-state index in [1.165, 1.54) is 6.07 Å². The summed E-state index contributed by atoms with van der Waals surface area (Å²) < 4.78 is 41.6. The number of benzene rings is 1. The number of nitrogens with one attached hydrogen (secondary N) is 2. The Labute approximate surface area is 182 Å². The molecule has 9 heteroatoms. The Balaban J connectivity index is 0.00000392. The van der Waals surface area contributed by atoms with Gasteiger partial charge in [-0.1, -0.05) is 12.1 Å². The van der Waals surface area contributed by atoms with Gasteiger partial charge in [0.2, 0.25) is 0 Å². The van der Waals surface area contributed by atoms with E-state index < -0.39 is 12.8 Å². The highest BCUT2D eigenvalue weighted by Crippen LogP contribution is 2.19. The highest BCUT2D eigenvalue weighted by molar-refractivity contribution is 14.0. The van der Waals surface area contributed by atoms with Gasteiger partial charge in [0.1, 0.15) is 5.75 Å². The lowest BCUT2D eigenvalue weighted by atomic mass is 10.0. The maximum atomic E-state index is 12.3. The second-order valence-corrected chi connectivity index (χ2v) is 7.03. The number of guanidine groups is 1. The molecule has 160 valence electrons. The van der Waals surface area contributed by atoms with Crippen molar-refractivity contribution in [2.75, 3.05) is 26.7 Å². The molecule has 28 heavy (non-hydrogen) atoms. The van der Waals surface area contributed by atoms with Crippen LogP contribution in [0.15, 0.2) is 29.3 Å². The van der Waals surface area contributed by atoms with E-state index >= 15 is 0 Å². The highest BCUT2D eigenvalue weighted by Gasteiger charge is 2.28. The second kappa shape index (κ2) is 11.7. The molecule has 0 amide bonds. The van der Waals surface area contributed by atoms with Crippen LogP contribution >= 0.6 is 24.0 Å². The van der Waals surface area contributed by atoms with Crippen molar-refractivity contribution in [2.45, 2.75) is 51.5 Å². The number of hydrogen-bond acceptors (Lipinski definition) is 3. The Morgan fingerprint density at radius 2 is 1.96 bits per heavy atom. The van der Waals surface area contributed by atoms with Gasteiger partial charge in [-0.15, -0.1) is 24.0 Å². The number of aliphatic imine (C=N–C) groups is 1. The number of piperidine rings is 1. The largest absolute Gasteiger partial charge is 0.484 e. The van der Waals surface area contributed by atoms with Crippen LogP contribution < -0.4 is 15.4 Å². The van der Waals surface area contributed by atoms with Gasteiger partial charge in [-0.25, -0.2) is 0 Å². The fourth-order valence-corrected chi connectivity index (χ4v) is 3.04. The Kier molecular flexibility index (Phi) is 10.4. The van der Waals surface area contributed by atoms with Crippen LogP contribution in [0.25, 0.3) is 0 Å². The summed E-state index contributed by atoms with van der Waals surface area (Å²) in [4.78, 5) is 6.70. The predicted octanol–water partition coefficient (Wildman–Crippen LogP) is 3.78. The van der Waals surface area contributed by atoms with Crippen LogP contribution in [0.1, 0.15) is 32.3 Å². The topological polar surface area (TPSA) is 48.9 Å². The lowest BCUT2D eigenvalue weighted by molar-refractivity contribution is -0.153. The Bertz CT molecular complexity index is 617. The molecule has 2 rings (SSSR count). The van der Waals surface area contributed by atoms with Crippen LogP contribution in [0.5, 0.6) is 5.75 Å². The molecular weight excluding hydrogens is 484 g/mol. The number of alkyl halides is 3. The number of hydrogen-bond donors (Lipinski definition) is 2. The lowest BCUT2D eigenvalue weighted by Crippen LogP contribution is -2.49. The van der Waals surface area contributed by atoms with E-state index in [0.717, 1.165) is 31.5 Å². The molecular formula is C19H30F3IN4O. The minimum Gasteiger partial charge on any atom is -0.484 e. The SMILES string of the molecule is CN=C(NCc1cccc(OCC(F)(F)F)c1)NC1CCN(C(C)C)CC1.I. The van der Waals surface area contributed by atoms with Gasteiger partial charge in [0.25, 0.3) is 0 Å². The predicted molar refractivity (Wildman–Crippen MR) is 116 cm³/mol. The molecule has 0 radical (unpaired) electrons. The van der Waals surface area contributed by atoms with Gasteiger partial charge < -0.3 is 20.3 Å². The van der Waals surface area contributed by atoms with Gasteiger partial charge in [0.15, 0.2) is 12.6 Å². The first-order valence-corrected chi connectivity index (χ1v) is 9.26. The monoisotopic (exact) mass is 514 g/mol. The number of ether oxygens (including phenoxy) is 1.